The Hall–Kier alpha value is -2.38. The number of hydrogen-bond acceptors (Lipinski definition) is 4. The number of anilines is 1. The highest BCUT2D eigenvalue weighted by molar-refractivity contribution is 7.92. The Morgan fingerprint density at radius 1 is 1.00 bits per heavy atom. The van der Waals surface area contributed by atoms with Crippen LogP contribution in [0.1, 0.15) is 35.3 Å². The fourth-order valence-corrected chi connectivity index (χ4v) is 4.37. The van der Waals surface area contributed by atoms with Crippen molar-refractivity contribution in [3.8, 4) is 0 Å². The van der Waals surface area contributed by atoms with E-state index in [9.17, 15) is 13.2 Å². The molecule has 1 amide bonds. The molecule has 0 aliphatic carbocycles. The Morgan fingerprint density at radius 2 is 1.61 bits per heavy atom. The lowest BCUT2D eigenvalue weighted by Gasteiger charge is -2.35. The maximum absolute atomic E-state index is 12.7. The number of rotatable bonds is 4. The maximum atomic E-state index is 12.7. The van der Waals surface area contributed by atoms with Gasteiger partial charge in [-0.05, 0) is 75.2 Å². The standard InChI is InChI=1S/C21H26N2O4S/c1-14-5-8-19(11-15(14)2)22-28(25,26)20-9-6-18(7-10-20)21(24)23-12-16(3)27-17(4)13-23/h5-11,16-17,22H,12-13H2,1-4H3/t16-,17-/m0/s1. The summed E-state index contributed by atoms with van der Waals surface area (Å²) in [5.41, 5.74) is 3.08. The van der Waals surface area contributed by atoms with Gasteiger partial charge >= 0.3 is 0 Å². The first-order valence-corrected chi connectivity index (χ1v) is 10.8. The second-order valence-corrected chi connectivity index (χ2v) is 9.08. The molecule has 6 nitrogen and oxygen atoms in total. The summed E-state index contributed by atoms with van der Waals surface area (Å²) in [6, 6.07) is 11.4. The zero-order chi connectivity index (χ0) is 20.5. The smallest absolute Gasteiger partial charge is 0.261 e. The average molecular weight is 403 g/mol. The number of carbonyl (C=O) groups excluding carboxylic acids is 1. The first kappa shape index (κ1) is 20.4. The number of aryl methyl sites for hydroxylation is 2. The zero-order valence-corrected chi connectivity index (χ0v) is 17.4. The molecule has 0 aromatic heterocycles. The highest BCUT2D eigenvalue weighted by atomic mass is 32.2. The second-order valence-electron chi connectivity index (χ2n) is 7.40. The van der Waals surface area contributed by atoms with Crippen LogP contribution in [0.4, 0.5) is 5.69 Å². The lowest BCUT2D eigenvalue weighted by atomic mass is 10.1. The van der Waals surface area contributed by atoms with E-state index in [1.54, 1.807) is 29.2 Å². The van der Waals surface area contributed by atoms with E-state index in [0.29, 0.717) is 24.3 Å². The van der Waals surface area contributed by atoms with Crippen molar-refractivity contribution in [3.05, 3.63) is 59.2 Å². The molecular weight excluding hydrogens is 376 g/mol. The van der Waals surface area contributed by atoms with Crippen molar-refractivity contribution >= 4 is 21.6 Å². The largest absolute Gasteiger partial charge is 0.372 e. The number of sulfonamides is 1. The molecule has 28 heavy (non-hydrogen) atoms. The molecule has 1 N–H and O–H groups in total. The molecule has 2 aromatic rings. The summed E-state index contributed by atoms with van der Waals surface area (Å²) in [5.74, 6) is -0.118. The molecule has 1 aliphatic rings. The number of carbonyl (C=O) groups is 1. The Labute approximate surface area is 166 Å². The number of morpholine rings is 1. The van der Waals surface area contributed by atoms with Crippen molar-refractivity contribution in [2.45, 2.75) is 44.8 Å². The van der Waals surface area contributed by atoms with Gasteiger partial charge in [0.2, 0.25) is 0 Å². The minimum atomic E-state index is -3.72. The van der Waals surface area contributed by atoms with Gasteiger partial charge in [0.1, 0.15) is 0 Å². The number of nitrogens with zero attached hydrogens (tertiary/aromatic N) is 1. The van der Waals surface area contributed by atoms with Gasteiger partial charge in [-0.1, -0.05) is 6.07 Å². The summed E-state index contributed by atoms with van der Waals surface area (Å²) in [4.78, 5) is 14.6. The zero-order valence-electron chi connectivity index (χ0n) is 16.6. The molecular formula is C21H26N2O4S. The monoisotopic (exact) mass is 402 g/mol. The number of nitrogens with one attached hydrogen (secondary N) is 1. The average Bonchev–Trinajstić information content (AvgIpc) is 2.63. The van der Waals surface area contributed by atoms with E-state index in [-0.39, 0.29) is 23.0 Å². The summed E-state index contributed by atoms with van der Waals surface area (Å²) >= 11 is 0. The molecule has 0 spiro atoms. The van der Waals surface area contributed by atoms with Crippen LogP contribution >= 0.6 is 0 Å². The van der Waals surface area contributed by atoms with Crippen LogP contribution < -0.4 is 4.72 Å². The van der Waals surface area contributed by atoms with E-state index in [4.69, 9.17) is 4.74 Å². The third-order valence-electron chi connectivity index (χ3n) is 4.88. The number of amides is 1. The lowest BCUT2D eigenvalue weighted by Crippen LogP contribution is -2.48. The molecule has 0 unspecified atom stereocenters. The van der Waals surface area contributed by atoms with E-state index >= 15 is 0 Å². The van der Waals surface area contributed by atoms with Crippen LogP contribution in [0.3, 0.4) is 0 Å². The summed E-state index contributed by atoms with van der Waals surface area (Å²) < 4.78 is 33.5. The van der Waals surface area contributed by atoms with Gasteiger partial charge in [0, 0.05) is 24.3 Å². The third-order valence-corrected chi connectivity index (χ3v) is 6.27. The molecule has 0 radical (unpaired) electrons. The van der Waals surface area contributed by atoms with Gasteiger partial charge < -0.3 is 9.64 Å². The van der Waals surface area contributed by atoms with Crippen molar-refractivity contribution in [2.75, 3.05) is 17.8 Å². The normalized spacial score (nSPS) is 20.1. The van der Waals surface area contributed by atoms with Crippen molar-refractivity contribution in [2.24, 2.45) is 0 Å². The van der Waals surface area contributed by atoms with Crippen LogP contribution in [0.2, 0.25) is 0 Å². The van der Waals surface area contributed by atoms with E-state index in [1.165, 1.54) is 12.1 Å². The molecule has 1 aliphatic heterocycles. The number of ether oxygens (including phenoxy) is 1. The predicted octanol–water partition coefficient (Wildman–Crippen LogP) is 3.35. The third kappa shape index (κ3) is 4.54. The van der Waals surface area contributed by atoms with E-state index in [1.807, 2.05) is 33.8 Å². The van der Waals surface area contributed by atoms with Gasteiger partial charge in [-0.15, -0.1) is 0 Å². The molecule has 3 rings (SSSR count). The highest BCUT2D eigenvalue weighted by Gasteiger charge is 2.27. The van der Waals surface area contributed by atoms with Crippen LogP contribution in [0.5, 0.6) is 0 Å². The SMILES string of the molecule is Cc1ccc(NS(=O)(=O)c2ccc(C(=O)N3C[C@H](C)O[C@@H](C)C3)cc2)cc1C. The minimum absolute atomic E-state index is 0.0190. The molecule has 1 heterocycles. The Bertz CT molecular complexity index is 960. The fraction of sp³-hybridized carbons (Fsp3) is 0.381. The molecule has 0 bridgehead atoms. The molecule has 2 aromatic carbocycles. The fourth-order valence-electron chi connectivity index (χ4n) is 3.32. The van der Waals surface area contributed by atoms with Crippen molar-refractivity contribution in [1.29, 1.82) is 0 Å². The van der Waals surface area contributed by atoms with E-state index < -0.39 is 10.0 Å². The quantitative estimate of drug-likeness (QED) is 0.851. The summed E-state index contributed by atoms with van der Waals surface area (Å²) in [6.07, 6.45) is -0.0379. The summed E-state index contributed by atoms with van der Waals surface area (Å²) in [5, 5.41) is 0. The number of benzene rings is 2. The van der Waals surface area contributed by atoms with Gasteiger partial charge in [0.15, 0.2) is 0 Å². The van der Waals surface area contributed by atoms with Gasteiger partial charge in [-0.3, -0.25) is 9.52 Å². The molecule has 2 atom stereocenters. The van der Waals surface area contributed by atoms with Gasteiger partial charge in [0.25, 0.3) is 15.9 Å². The number of hydrogen-bond donors (Lipinski definition) is 1. The molecule has 7 heteroatoms. The second kappa shape index (κ2) is 7.93. The Balaban J connectivity index is 1.75. The molecule has 1 fully saturated rings. The van der Waals surface area contributed by atoms with Crippen molar-refractivity contribution < 1.29 is 17.9 Å². The van der Waals surface area contributed by atoms with Crippen molar-refractivity contribution in [1.82, 2.24) is 4.90 Å². The van der Waals surface area contributed by atoms with Crippen LogP contribution in [0.25, 0.3) is 0 Å². The first-order valence-electron chi connectivity index (χ1n) is 9.30. The maximum Gasteiger partial charge on any atom is 0.261 e. The molecule has 150 valence electrons. The Morgan fingerprint density at radius 3 is 2.18 bits per heavy atom. The van der Waals surface area contributed by atoms with Gasteiger partial charge in [-0.2, -0.15) is 0 Å². The van der Waals surface area contributed by atoms with E-state index in [0.717, 1.165) is 11.1 Å². The van der Waals surface area contributed by atoms with Gasteiger partial charge in [-0.25, -0.2) is 8.42 Å². The molecule has 0 saturated carbocycles. The van der Waals surface area contributed by atoms with Crippen LogP contribution in [0, 0.1) is 13.8 Å². The Kier molecular flexibility index (Phi) is 5.76. The van der Waals surface area contributed by atoms with Crippen LogP contribution in [-0.4, -0.2) is 44.5 Å². The topological polar surface area (TPSA) is 75.7 Å². The van der Waals surface area contributed by atoms with Crippen LogP contribution in [-0.2, 0) is 14.8 Å². The van der Waals surface area contributed by atoms with Gasteiger partial charge in [0.05, 0.1) is 17.1 Å². The van der Waals surface area contributed by atoms with Crippen molar-refractivity contribution in [3.63, 3.8) is 0 Å². The molecule has 1 saturated heterocycles. The lowest BCUT2D eigenvalue weighted by molar-refractivity contribution is -0.0586. The predicted molar refractivity (Wildman–Crippen MR) is 109 cm³/mol. The van der Waals surface area contributed by atoms with E-state index in [2.05, 4.69) is 4.72 Å². The first-order chi connectivity index (χ1) is 13.2. The summed E-state index contributed by atoms with van der Waals surface area (Å²) in [6.45, 7) is 8.82. The summed E-state index contributed by atoms with van der Waals surface area (Å²) in [7, 11) is -3.72. The van der Waals surface area contributed by atoms with Crippen LogP contribution in [0.15, 0.2) is 47.4 Å². The minimum Gasteiger partial charge on any atom is -0.372 e. The highest BCUT2D eigenvalue weighted by Crippen LogP contribution is 2.20.